The molecule has 13 heavy (non-hydrogen) atoms. The summed E-state index contributed by atoms with van der Waals surface area (Å²) in [5, 5.41) is 7.05. The lowest BCUT2D eigenvalue weighted by atomic mass is 10.1. The van der Waals surface area contributed by atoms with Crippen LogP contribution >= 0.6 is 15.9 Å². The van der Waals surface area contributed by atoms with Crippen LogP contribution in [0.4, 0.5) is 11.4 Å². The van der Waals surface area contributed by atoms with Crippen molar-refractivity contribution in [3.63, 3.8) is 0 Å². The first-order valence-corrected chi connectivity index (χ1v) is 5.38. The van der Waals surface area contributed by atoms with Crippen molar-refractivity contribution in [1.29, 1.82) is 0 Å². The molecule has 0 radical (unpaired) electrons. The summed E-state index contributed by atoms with van der Waals surface area (Å²) in [6.45, 7) is 1.07. The Kier molecular flexibility index (Phi) is 1.42. The normalized spacial score (nSPS) is 21.6. The van der Waals surface area contributed by atoms with Crippen molar-refractivity contribution in [3.05, 3.63) is 22.7 Å². The predicted molar refractivity (Wildman–Crippen MR) is 58.2 cm³/mol. The second-order valence-electron chi connectivity index (χ2n) is 3.95. The Morgan fingerprint density at radius 3 is 2.85 bits per heavy atom. The summed E-state index contributed by atoms with van der Waals surface area (Å²) in [6.07, 6.45) is 2.60. The van der Waals surface area contributed by atoms with Crippen LogP contribution in [0.15, 0.2) is 22.7 Å². The molecular formula is C10H11BrN2. The van der Waals surface area contributed by atoms with E-state index < -0.39 is 0 Å². The second kappa shape index (κ2) is 2.41. The third kappa shape index (κ3) is 1.22. The summed E-state index contributed by atoms with van der Waals surface area (Å²) in [4.78, 5) is 0. The lowest BCUT2D eigenvalue weighted by molar-refractivity contribution is 0.755. The van der Waals surface area contributed by atoms with Crippen molar-refractivity contribution < 1.29 is 0 Å². The van der Waals surface area contributed by atoms with E-state index >= 15 is 0 Å². The second-order valence-corrected chi connectivity index (χ2v) is 4.86. The number of fused-ring (bicyclic) bond motifs is 1. The van der Waals surface area contributed by atoms with E-state index in [4.69, 9.17) is 0 Å². The van der Waals surface area contributed by atoms with Gasteiger partial charge in [0, 0.05) is 11.0 Å². The summed E-state index contributed by atoms with van der Waals surface area (Å²) in [5.41, 5.74) is 2.84. The lowest BCUT2D eigenvalue weighted by Crippen LogP contribution is -2.34. The van der Waals surface area contributed by atoms with Crippen molar-refractivity contribution in [2.24, 2.45) is 0 Å². The highest BCUT2D eigenvalue weighted by Gasteiger charge is 2.44. The van der Waals surface area contributed by atoms with E-state index in [2.05, 4.69) is 44.8 Å². The molecular weight excluding hydrogens is 228 g/mol. The number of nitrogens with one attached hydrogen (secondary N) is 2. The van der Waals surface area contributed by atoms with Gasteiger partial charge in [0.05, 0.1) is 16.9 Å². The van der Waals surface area contributed by atoms with Crippen LogP contribution in [0, 0.1) is 0 Å². The molecule has 1 aromatic carbocycles. The SMILES string of the molecule is Brc1ccc2c(c1)NC1(CC1)CN2. The van der Waals surface area contributed by atoms with Crippen molar-refractivity contribution in [1.82, 2.24) is 0 Å². The molecule has 1 spiro atoms. The Labute approximate surface area is 85.8 Å². The average Bonchev–Trinajstić information content (AvgIpc) is 2.84. The zero-order valence-corrected chi connectivity index (χ0v) is 8.82. The highest BCUT2D eigenvalue weighted by atomic mass is 79.9. The van der Waals surface area contributed by atoms with E-state index in [0.29, 0.717) is 5.54 Å². The Morgan fingerprint density at radius 2 is 2.08 bits per heavy atom. The highest BCUT2D eigenvalue weighted by molar-refractivity contribution is 9.10. The first-order valence-electron chi connectivity index (χ1n) is 4.59. The Balaban J connectivity index is 2.02. The first-order chi connectivity index (χ1) is 6.27. The van der Waals surface area contributed by atoms with Crippen molar-refractivity contribution in [2.45, 2.75) is 18.4 Å². The molecule has 3 heteroatoms. The third-order valence-electron chi connectivity index (χ3n) is 2.85. The van der Waals surface area contributed by atoms with Gasteiger partial charge in [-0.1, -0.05) is 15.9 Å². The van der Waals surface area contributed by atoms with Gasteiger partial charge in [0.2, 0.25) is 0 Å². The number of anilines is 2. The fraction of sp³-hybridized carbons (Fsp3) is 0.400. The van der Waals surface area contributed by atoms with Crippen LogP contribution in [0.5, 0.6) is 0 Å². The fourth-order valence-corrected chi connectivity index (χ4v) is 2.18. The molecule has 1 heterocycles. The molecule has 2 N–H and O–H groups in total. The minimum absolute atomic E-state index is 0.383. The number of hydrogen-bond acceptors (Lipinski definition) is 2. The van der Waals surface area contributed by atoms with Crippen molar-refractivity contribution in [2.75, 3.05) is 17.2 Å². The quantitative estimate of drug-likeness (QED) is 0.727. The molecule has 2 aliphatic rings. The fourth-order valence-electron chi connectivity index (χ4n) is 1.82. The maximum Gasteiger partial charge on any atom is 0.0592 e. The largest absolute Gasteiger partial charge is 0.381 e. The number of hydrogen-bond donors (Lipinski definition) is 2. The molecule has 0 unspecified atom stereocenters. The molecule has 1 saturated carbocycles. The minimum atomic E-state index is 0.383. The molecule has 1 aliphatic carbocycles. The molecule has 1 fully saturated rings. The molecule has 0 bridgehead atoms. The molecule has 2 nitrogen and oxygen atoms in total. The van der Waals surface area contributed by atoms with Crippen LogP contribution in [0.1, 0.15) is 12.8 Å². The first kappa shape index (κ1) is 7.68. The molecule has 0 atom stereocenters. The monoisotopic (exact) mass is 238 g/mol. The van der Waals surface area contributed by atoms with Gasteiger partial charge in [-0.25, -0.2) is 0 Å². The predicted octanol–water partition coefficient (Wildman–Crippen LogP) is 2.82. The molecule has 3 rings (SSSR count). The van der Waals surface area contributed by atoms with Gasteiger partial charge in [-0.05, 0) is 31.0 Å². The van der Waals surface area contributed by atoms with Crippen LogP contribution in [0.25, 0.3) is 0 Å². The smallest absolute Gasteiger partial charge is 0.0592 e. The van der Waals surface area contributed by atoms with E-state index in [0.717, 1.165) is 11.0 Å². The van der Waals surface area contributed by atoms with Gasteiger partial charge in [0.15, 0.2) is 0 Å². The maximum absolute atomic E-state index is 3.60. The number of rotatable bonds is 0. The molecule has 68 valence electrons. The summed E-state index contributed by atoms with van der Waals surface area (Å²) in [7, 11) is 0. The molecule has 0 aromatic heterocycles. The minimum Gasteiger partial charge on any atom is -0.381 e. The van der Waals surface area contributed by atoms with Crippen LogP contribution in [0.3, 0.4) is 0 Å². The standard InChI is InChI=1S/C10H11BrN2/c11-7-1-2-8-9(5-7)13-10(3-4-10)6-12-8/h1-2,5,12-13H,3-4,6H2. The number of benzene rings is 1. The molecule has 1 aromatic rings. The van der Waals surface area contributed by atoms with Gasteiger partial charge in [-0.2, -0.15) is 0 Å². The summed E-state index contributed by atoms with van der Waals surface area (Å²) < 4.78 is 1.14. The summed E-state index contributed by atoms with van der Waals surface area (Å²) in [6, 6.07) is 6.32. The zero-order valence-electron chi connectivity index (χ0n) is 7.23. The Morgan fingerprint density at radius 1 is 1.23 bits per heavy atom. The van der Waals surface area contributed by atoms with E-state index in [1.54, 1.807) is 0 Å². The third-order valence-corrected chi connectivity index (χ3v) is 3.35. The van der Waals surface area contributed by atoms with Gasteiger partial charge < -0.3 is 10.6 Å². The summed E-state index contributed by atoms with van der Waals surface area (Å²) >= 11 is 3.48. The van der Waals surface area contributed by atoms with Gasteiger partial charge in [-0.15, -0.1) is 0 Å². The summed E-state index contributed by atoms with van der Waals surface area (Å²) in [5.74, 6) is 0. The Bertz CT molecular complexity index is 358. The van der Waals surface area contributed by atoms with E-state index in [-0.39, 0.29) is 0 Å². The van der Waals surface area contributed by atoms with Gasteiger partial charge in [0.25, 0.3) is 0 Å². The van der Waals surface area contributed by atoms with Crippen molar-refractivity contribution in [3.8, 4) is 0 Å². The Hall–Kier alpha value is -0.700. The van der Waals surface area contributed by atoms with Crippen LogP contribution in [0.2, 0.25) is 0 Å². The van der Waals surface area contributed by atoms with Crippen LogP contribution < -0.4 is 10.6 Å². The average molecular weight is 239 g/mol. The van der Waals surface area contributed by atoms with E-state index in [9.17, 15) is 0 Å². The maximum atomic E-state index is 3.60. The van der Waals surface area contributed by atoms with E-state index in [1.165, 1.54) is 24.2 Å². The van der Waals surface area contributed by atoms with Gasteiger partial charge in [0.1, 0.15) is 0 Å². The molecule has 0 amide bonds. The topological polar surface area (TPSA) is 24.1 Å². The zero-order chi connectivity index (χ0) is 8.89. The van der Waals surface area contributed by atoms with Gasteiger partial charge >= 0.3 is 0 Å². The lowest BCUT2D eigenvalue weighted by Gasteiger charge is -2.28. The van der Waals surface area contributed by atoms with E-state index in [1.807, 2.05) is 0 Å². The van der Waals surface area contributed by atoms with Gasteiger partial charge in [-0.3, -0.25) is 0 Å². The van der Waals surface area contributed by atoms with Crippen LogP contribution in [-0.4, -0.2) is 12.1 Å². The number of halogens is 1. The highest BCUT2D eigenvalue weighted by Crippen LogP contribution is 2.44. The molecule has 1 aliphatic heterocycles. The van der Waals surface area contributed by atoms with Crippen LogP contribution in [-0.2, 0) is 0 Å². The van der Waals surface area contributed by atoms with Crippen molar-refractivity contribution >= 4 is 27.3 Å². The molecule has 0 saturated heterocycles.